The first-order valence-electron chi connectivity index (χ1n) is 7.74. The van der Waals surface area contributed by atoms with Gasteiger partial charge in [0.15, 0.2) is 0 Å². The third-order valence-corrected chi connectivity index (χ3v) is 5.33. The van der Waals surface area contributed by atoms with E-state index >= 15 is 0 Å². The molecule has 0 amide bonds. The summed E-state index contributed by atoms with van der Waals surface area (Å²) < 4.78 is 23.2. The third-order valence-electron chi connectivity index (χ3n) is 3.69. The number of rotatable bonds is 6. The third kappa shape index (κ3) is 3.11. The van der Waals surface area contributed by atoms with E-state index in [9.17, 15) is 4.57 Å². The predicted octanol–water partition coefficient (Wildman–Crippen LogP) is 4.83. The van der Waals surface area contributed by atoms with Gasteiger partial charge in [-0.2, -0.15) is 0 Å². The lowest BCUT2D eigenvalue weighted by Gasteiger charge is -2.17. The first kappa shape index (κ1) is 16.0. The van der Waals surface area contributed by atoms with Gasteiger partial charge in [-0.05, 0) is 36.1 Å². The molecule has 4 nitrogen and oxygen atoms in total. The number of hydrogen-bond acceptors (Lipinski definition) is 3. The first-order chi connectivity index (χ1) is 11.2. The maximum Gasteiger partial charge on any atom is 0.432 e. The summed E-state index contributed by atoms with van der Waals surface area (Å²) in [6.07, 6.45) is 1.75. The second kappa shape index (κ2) is 6.71. The number of fused-ring (bicyclic) bond motifs is 3. The molecule has 0 saturated heterocycles. The molecule has 1 N–H and O–H groups in total. The highest BCUT2D eigenvalue weighted by atomic mass is 31.2. The largest absolute Gasteiger partial charge is 0.432 e. The molecule has 0 atom stereocenters. The topological polar surface area (TPSA) is 47.6 Å². The fourth-order valence-electron chi connectivity index (χ4n) is 2.80. The molecule has 0 saturated carbocycles. The molecular formula is C18H20NO3P. The van der Waals surface area contributed by atoms with Gasteiger partial charge in [-0.15, -0.1) is 0 Å². The van der Waals surface area contributed by atoms with E-state index < -0.39 is 7.75 Å². The van der Waals surface area contributed by atoms with Gasteiger partial charge in [0.05, 0.1) is 13.2 Å². The van der Waals surface area contributed by atoms with Gasteiger partial charge in [-0.1, -0.05) is 48.5 Å². The minimum absolute atomic E-state index is 0.320. The SMILES string of the molecule is CCOP(=O)(NC=C1c2ccccc2-c2ccccc21)OCC. The number of benzene rings is 2. The van der Waals surface area contributed by atoms with Crippen LogP contribution in [0.3, 0.4) is 0 Å². The smallest absolute Gasteiger partial charge is 0.299 e. The van der Waals surface area contributed by atoms with Crippen molar-refractivity contribution < 1.29 is 13.6 Å². The Hall–Kier alpha value is -1.87. The molecule has 2 aromatic rings. The van der Waals surface area contributed by atoms with Crippen molar-refractivity contribution in [3.8, 4) is 11.1 Å². The number of nitrogens with one attached hydrogen (secondary N) is 1. The Morgan fingerprint density at radius 2 is 1.30 bits per heavy atom. The summed E-state index contributed by atoms with van der Waals surface area (Å²) >= 11 is 0. The van der Waals surface area contributed by atoms with Crippen LogP contribution in [0, 0.1) is 0 Å². The molecule has 0 aromatic heterocycles. The normalized spacial score (nSPS) is 12.7. The first-order valence-corrected chi connectivity index (χ1v) is 9.29. The second-order valence-electron chi connectivity index (χ2n) is 5.11. The van der Waals surface area contributed by atoms with E-state index in [0.717, 1.165) is 16.7 Å². The summed E-state index contributed by atoms with van der Waals surface area (Å²) in [5.74, 6) is 0. The average molecular weight is 329 g/mol. The molecule has 0 spiro atoms. The molecule has 120 valence electrons. The van der Waals surface area contributed by atoms with Crippen LogP contribution >= 0.6 is 7.75 Å². The van der Waals surface area contributed by atoms with Gasteiger partial charge in [0.2, 0.25) is 0 Å². The van der Waals surface area contributed by atoms with E-state index in [0.29, 0.717) is 13.2 Å². The maximum atomic E-state index is 12.6. The van der Waals surface area contributed by atoms with Gasteiger partial charge in [0.1, 0.15) is 0 Å². The van der Waals surface area contributed by atoms with Crippen LogP contribution < -0.4 is 5.09 Å². The molecule has 5 heteroatoms. The molecule has 1 aliphatic carbocycles. The van der Waals surface area contributed by atoms with Crippen molar-refractivity contribution in [3.63, 3.8) is 0 Å². The van der Waals surface area contributed by atoms with Crippen molar-refractivity contribution in [2.45, 2.75) is 13.8 Å². The summed E-state index contributed by atoms with van der Waals surface area (Å²) in [5, 5.41) is 2.87. The highest BCUT2D eigenvalue weighted by Gasteiger charge is 2.26. The van der Waals surface area contributed by atoms with Crippen LogP contribution in [-0.2, 0) is 13.6 Å². The molecule has 0 heterocycles. The Labute approximate surface area is 136 Å². The highest BCUT2D eigenvalue weighted by molar-refractivity contribution is 7.51. The van der Waals surface area contributed by atoms with Crippen LogP contribution in [0.5, 0.6) is 0 Å². The van der Waals surface area contributed by atoms with Crippen LogP contribution in [0.4, 0.5) is 0 Å². The van der Waals surface area contributed by atoms with Crippen molar-refractivity contribution in [2.24, 2.45) is 0 Å². The van der Waals surface area contributed by atoms with Crippen LogP contribution in [0.1, 0.15) is 25.0 Å². The molecule has 23 heavy (non-hydrogen) atoms. The summed E-state index contributed by atoms with van der Waals surface area (Å²) in [7, 11) is -3.32. The Morgan fingerprint density at radius 3 is 1.74 bits per heavy atom. The molecule has 2 aromatic carbocycles. The second-order valence-corrected chi connectivity index (χ2v) is 6.88. The predicted molar refractivity (Wildman–Crippen MR) is 93.0 cm³/mol. The summed E-state index contributed by atoms with van der Waals surface area (Å²) in [6.45, 7) is 4.22. The molecule has 0 radical (unpaired) electrons. The summed E-state index contributed by atoms with van der Waals surface area (Å²) in [5.41, 5.74) is 5.58. The van der Waals surface area contributed by atoms with Gasteiger partial charge in [0.25, 0.3) is 0 Å². The molecular weight excluding hydrogens is 309 g/mol. The molecule has 0 fully saturated rings. The Kier molecular flexibility index (Phi) is 4.67. The van der Waals surface area contributed by atoms with Crippen LogP contribution in [0.2, 0.25) is 0 Å². The van der Waals surface area contributed by atoms with Crippen molar-refractivity contribution >= 4 is 13.3 Å². The van der Waals surface area contributed by atoms with Crippen LogP contribution in [0.15, 0.2) is 54.7 Å². The van der Waals surface area contributed by atoms with Crippen molar-refractivity contribution in [2.75, 3.05) is 13.2 Å². The Balaban J connectivity index is 2.01. The fourth-order valence-corrected chi connectivity index (χ4v) is 3.99. The van der Waals surface area contributed by atoms with Gasteiger partial charge in [-0.3, -0.25) is 14.1 Å². The summed E-state index contributed by atoms with van der Waals surface area (Å²) in [4.78, 5) is 0. The van der Waals surface area contributed by atoms with Crippen molar-refractivity contribution in [1.29, 1.82) is 0 Å². The van der Waals surface area contributed by atoms with E-state index in [1.165, 1.54) is 11.1 Å². The monoisotopic (exact) mass is 329 g/mol. The van der Waals surface area contributed by atoms with Crippen LogP contribution in [0.25, 0.3) is 16.7 Å². The van der Waals surface area contributed by atoms with Gasteiger partial charge >= 0.3 is 7.75 Å². The van der Waals surface area contributed by atoms with Gasteiger partial charge in [0, 0.05) is 11.8 Å². The zero-order chi connectivity index (χ0) is 16.3. The molecule has 1 aliphatic rings. The molecule has 3 rings (SSSR count). The minimum atomic E-state index is -3.32. The molecule has 0 aliphatic heterocycles. The van der Waals surface area contributed by atoms with E-state index in [1.807, 2.05) is 24.3 Å². The van der Waals surface area contributed by atoms with Crippen LogP contribution in [-0.4, -0.2) is 13.2 Å². The van der Waals surface area contributed by atoms with E-state index in [2.05, 4.69) is 29.4 Å². The standard InChI is InChI=1S/C18H20NO3P/c1-3-21-23(20,22-4-2)19-13-18-16-11-7-5-9-14(16)15-10-6-8-12-17(15)18/h5-13H,3-4H2,1-2H3,(H,19,20). The zero-order valence-corrected chi connectivity index (χ0v) is 14.2. The maximum absolute atomic E-state index is 12.6. The van der Waals surface area contributed by atoms with E-state index in [-0.39, 0.29) is 0 Å². The van der Waals surface area contributed by atoms with E-state index in [4.69, 9.17) is 9.05 Å². The zero-order valence-electron chi connectivity index (χ0n) is 13.3. The number of hydrogen-bond donors (Lipinski definition) is 1. The molecule has 0 unspecified atom stereocenters. The highest BCUT2D eigenvalue weighted by Crippen LogP contribution is 2.47. The quantitative estimate of drug-likeness (QED) is 0.658. The average Bonchev–Trinajstić information content (AvgIpc) is 2.88. The minimum Gasteiger partial charge on any atom is -0.299 e. The Morgan fingerprint density at radius 1 is 0.870 bits per heavy atom. The van der Waals surface area contributed by atoms with Crippen molar-refractivity contribution in [3.05, 3.63) is 65.9 Å². The lowest BCUT2D eigenvalue weighted by molar-refractivity contribution is 0.214. The lowest BCUT2D eigenvalue weighted by Crippen LogP contribution is -2.09. The lowest BCUT2D eigenvalue weighted by atomic mass is 10.1. The van der Waals surface area contributed by atoms with E-state index in [1.54, 1.807) is 20.0 Å². The summed E-state index contributed by atoms with van der Waals surface area (Å²) in [6, 6.07) is 16.4. The van der Waals surface area contributed by atoms with Gasteiger partial charge in [-0.25, -0.2) is 4.57 Å². The van der Waals surface area contributed by atoms with Crippen molar-refractivity contribution in [1.82, 2.24) is 5.09 Å². The molecule has 0 bridgehead atoms. The fraction of sp³-hybridized carbons (Fsp3) is 0.222. The Bertz CT molecular complexity index is 728. The van der Waals surface area contributed by atoms with Gasteiger partial charge < -0.3 is 0 Å².